The first kappa shape index (κ1) is 23.7. The predicted molar refractivity (Wildman–Crippen MR) is 163 cm³/mol. The maximum atomic E-state index is 5.00. The normalized spacial score (nSPS) is 11.1. The Kier molecular flexibility index (Phi) is 5.98. The Hall–Kier alpha value is -5.35. The van der Waals surface area contributed by atoms with Gasteiger partial charge in [0.05, 0.1) is 22.4 Å². The van der Waals surface area contributed by atoms with E-state index in [9.17, 15) is 0 Å². The molecule has 40 heavy (non-hydrogen) atoms. The van der Waals surface area contributed by atoms with E-state index in [0.717, 1.165) is 56.2 Å². The van der Waals surface area contributed by atoms with Crippen LogP contribution in [0.2, 0.25) is 0 Å². The number of hydrogen-bond acceptors (Lipinski definition) is 3. The van der Waals surface area contributed by atoms with Crippen LogP contribution in [-0.2, 0) is 0 Å². The molecule has 0 saturated heterocycles. The number of rotatable bonds is 5. The number of aromatic nitrogens is 4. The summed E-state index contributed by atoms with van der Waals surface area (Å²) in [5, 5.41) is 0. The van der Waals surface area contributed by atoms with Gasteiger partial charge in [0.1, 0.15) is 5.82 Å². The molecule has 4 nitrogen and oxygen atoms in total. The highest BCUT2D eigenvalue weighted by molar-refractivity contribution is 5.83. The maximum Gasteiger partial charge on any atom is 0.160 e. The first-order chi connectivity index (χ1) is 19.7. The second kappa shape index (κ2) is 10.1. The molecule has 0 unspecified atom stereocenters. The van der Waals surface area contributed by atoms with Crippen molar-refractivity contribution in [1.29, 1.82) is 0 Å². The van der Waals surface area contributed by atoms with Gasteiger partial charge >= 0.3 is 0 Å². The molecule has 5 aromatic carbocycles. The van der Waals surface area contributed by atoms with E-state index in [1.54, 1.807) is 0 Å². The van der Waals surface area contributed by atoms with Gasteiger partial charge in [-0.25, -0.2) is 15.0 Å². The van der Waals surface area contributed by atoms with E-state index >= 15 is 0 Å². The Morgan fingerprint density at radius 1 is 0.475 bits per heavy atom. The number of para-hydroxylation sites is 2. The third-order valence-electron chi connectivity index (χ3n) is 7.12. The van der Waals surface area contributed by atoms with Crippen LogP contribution in [0.25, 0.3) is 62.0 Å². The van der Waals surface area contributed by atoms with Gasteiger partial charge in [0.2, 0.25) is 0 Å². The lowest BCUT2D eigenvalue weighted by molar-refractivity contribution is 1.10. The molecule has 2 aromatic heterocycles. The Labute approximate surface area is 233 Å². The van der Waals surface area contributed by atoms with Crippen LogP contribution in [0.15, 0.2) is 140 Å². The molecule has 0 bridgehead atoms. The number of nitrogens with zero attached hydrogens (tertiary/aromatic N) is 4. The lowest BCUT2D eigenvalue weighted by Gasteiger charge is -2.12. The van der Waals surface area contributed by atoms with Crippen molar-refractivity contribution >= 4 is 11.0 Å². The zero-order valence-corrected chi connectivity index (χ0v) is 22.1. The highest BCUT2D eigenvalue weighted by Crippen LogP contribution is 2.31. The minimum Gasteiger partial charge on any atom is -0.292 e. The van der Waals surface area contributed by atoms with Crippen molar-refractivity contribution in [2.75, 3.05) is 0 Å². The number of aryl methyl sites for hydroxylation is 1. The van der Waals surface area contributed by atoms with Crippen LogP contribution in [0, 0.1) is 6.92 Å². The van der Waals surface area contributed by atoms with Crippen molar-refractivity contribution in [3.63, 3.8) is 0 Å². The van der Waals surface area contributed by atoms with E-state index in [-0.39, 0.29) is 0 Å². The summed E-state index contributed by atoms with van der Waals surface area (Å²) in [6.07, 6.45) is 0. The van der Waals surface area contributed by atoms with Crippen LogP contribution in [-0.4, -0.2) is 19.5 Å². The molecule has 0 aliphatic heterocycles. The van der Waals surface area contributed by atoms with Gasteiger partial charge in [0.25, 0.3) is 0 Å². The van der Waals surface area contributed by atoms with Crippen molar-refractivity contribution in [3.8, 4) is 51.0 Å². The maximum absolute atomic E-state index is 5.00. The molecule has 7 rings (SSSR count). The number of imidazole rings is 1. The minimum atomic E-state index is 0.695. The molecule has 0 spiro atoms. The first-order valence-electron chi connectivity index (χ1n) is 13.4. The molecule has 0 aliphatic carbocycles. The predicted octanol–water partition coefficient (Wildman–Crippen LogP) is 8.79. The summed E-state index contributed by atoms with van der Waals surface area (Å²) in [7, 11) is 0. The van der Waals surface area contributed by atoms with E-state index < -0.39 is 0 Å². The third kappa shape index (κ3) is 4.46. The highest BCUT2D eigenvalue weighted by atomic mass is 15.1. The molecule has 0 amide bonds. The lowest BCUT2D eigenvalue weighted by atomic mass is 10.1. The van der Waals surface area contributed by atoms with Crippen molar-refractivity contribution < 1.29 is 0 Å². The summed E-state index contributed by atoms with van der Waals surface area (Å²) in [6.45, 7) is 2.10. The standard InChI is InChI=1S/C36H26N4/c1-25-16-18-29(19-17-25)36-39-31-14-8-9-15-34(31)40(36)30-22-20-28(21-23-30)35-37-32(26-10-4-2-5-11-26)24-33(38-35)27-12-6-3-7-13-27/h2-24H,1H3. The van der Waals surface area contributed by atoms with Gasteiger partial charge in [0, 0.05) is 27.9 Å². The summed E-state index contributed by atoms with van der Waals surface area (Å²) in [4.78, 5) is 15.0. The molecule has 0 saturated carbocycles. The van der Waals surface area contributed by atoms with Crippen molar-refractivity contribution in [1.82, 2.24) is 19.5 Å². The van der Waals surface area contributed by atoms with Crippen molar-refractivity contribution in [2.24, 2.45) is 0 Å². The Bertz CT molecular complexity index is 1860. The molecule has 0 radical (unpaired) electrons. The highest BCUT2D eigenvalue weighted by Gasteiger charge is 2.15. The minimum absolute atomic E-state index is 0.695. The van der Waals surface area contributed by atoms with E-state index in [4.69, 9.17) is 15.0 Å². The van der Waals surface area contributed by atoms with Gasteiger partial charge in [-0.2, -0.15) is 0 Å². The summed E-state index contributed by atoms with van der Waals surface area (Å²) >= 11 is 0. The van der Waals surface area contributed by atoms with E-state index in [2.05, 4.69) is 109 Å². The molecule has 0 N–H and O–H groups in total. The molecule has 7 aromatic rings. The third-order valence-corrected chi connectivity index (χ3v) is 7.12. The van der Waals surface area contributed by atoms with Gasteiger partial charge in [-0.15, -0.1) is 0 Å². The van der Waals surface area contributed by atoms with Crippen LogP contribution in [0.3, 0.4) is 0 Å². The van der Waals surface area contributed by atoms with Crippen LogP contribution < -0.4 is 0 Å². The van der Waals surface area contributed by atoms with Crippen molar-refractivity contribution in [3.05, 3.63) is 145 Å². The zero-order valence-electron chi connectivity index (χ0n) is 22.1. The van der Waals surface area contributed by atoms with Gasteiger partial charge in [-0.3, -0.25) is 4.57 Å². The van der Waals surface area contributed by atoms with Crippen LogP contribution in [0.1, 0.15) is 5.56 Å². The molecule has 4 heteroatoms. The SMILES string of the molecule is Cc1ccc(-c2nc3ccccc3n2-c2ccc(-c3nc(-c4ccccc4)cc(-c4ccccc4)n3)cc2)cc1. The lowest BCUT2D eigenvalue weighted by Crippen LogP contribution is -1.99. The molecular weight excluding hydrogens is 488 g/mol. The number of hydrogen-bond donors (Lipinski definition) is 0. The van der Waals surface area contributed by atoms with Crippen LogP contribution >= 0.6 is 0 Å². The smallest absolute Gasteiger partial charge is 0.160 e. The quantitative estimate of drug-likeness (QED) is 0.231. The molecule has 0 fully saturated rings. The van der Waals surface area contributed by atoms with Gasteiger partial charge in [-0.05, 0) is 49.4 Å². The van der Waals surface area contributed by atoms with E-state index in [0.29, 0.717) is 5.82 Å². The van der Waals surface area contributed by atoms with E-state index in [1.165, 1.54) is 5.56 Å². The number of benzene rings is 5. The molecular formula is C36H26N4. The summed E-state index contributed by atoms with van der Waals surface area (Å²) < 4.78 is 2.22. The monoisotopic (exact) mass is 514 g/mol. The Morgan fingerprint density at radius 2 is 1.02 bits per heavy atom. The summed E-state index contributed by atoms with van der Waals surface area (Å²) in [6, 6.07) is 47.8. The summed E-state index contributed by atoms with van der Waals surface area (Å²) in [5.41, 5.74) is 10.3. The van der Waals surface area contributed by atoms with Crippen molar-refractivity contribution in [2.45, 2.75) is 6.92 Å². The Balaban J connectivity index is 1.35. The van der Waals surface area contributed by atoms with Gasteiger partial charge < -0.3 is 0 Å². The largest absolute Gasteiger partial charge is 0.292 e. The average Bonchev–Trinajstić information content (AvgIpc) is 3.42. The molecule has 190 valence electrons. The van der Waals surface area contributed by atoms with Crippen LogP contribution in [0.4, 0.5) is 0 Å². The number of fused-ring (bicyclic) bond motifs is 1. The van der Waals surface area contributed by atoms with Gasteiger partial charge in [-0.1, -0.05) is 103 Å². The fraction of sp³-hybridized carbons (Fsp3) is 0.0278. The Morgan fingerprint density at radius 3 is 1.65 bits per heavy atom. The van der Waals surface area contributed by atoms with E-state index in [1.807, 2.05) is 42.5 Å². The second-order valence-corrected chi connectivity index (χ2v) is 9.87. The molecule has 0 aliphatic rings. The summed E-state index contributed by atoms with van der Waals surface area (Å²) in [5.74, 6) is 1.61. The topological polar surface area (TPSA) is 43.6 Å². The first-order valence-corrected chi connectivity index (χ1v) is 13.4. The molecule has 2 heterocycles. The van der Waals surface area contributed by atoms with Gasteiger partial charge in [0.15, 0.2) is 5.82 Å². The second-order valence-electron chi connectivity index (χ2n) is 9.87. The fourth-order valence-electron chi connectivity index (χ4n) is 5.03. The fourth-order valence-corrected chi connectivity index (χ4v) is 5.03. The zero-order chi connectivity index (χ0) is 26.9. The molecule has 0 atom stereocenters. The average molecular weight is 515 g/mol. The van der Waals surface area contributed by atoms with Crippen LogP contribution in [0.5, 0.6) is 0 Å².